The molecular weight excluding hydrogens is 242 g/mol. The average molecular weight is 260 g/mol. The lowest BCUT2D eigenvalue weighted by Gasteiger charge is -2.36. The predicted molar refractivity (Wildman–Crippen MR) is 66.5 cm³/mol. The quantitative estimate of drug-likeness (QED) is 0.824. The van der Waals surface area contributed by atoms with Crippen LogP contribution in [0.5, 0.6) is 0 Å². The third-order valence-corrected chi connectivity index (χ3v) is 2.86. The first-order valence-corrected chi connectivity index (χ1v) is 5.55. The maximum Gasteiger partial charge on any atom is 0.292 e. The first-order valence-electron chi connectivity index (χ1n) is 5.55. The van der Waals surface area contributed by atoms with Crippen LogP contribution in [0.1, 0.15) is 30.1 Å². The number of piperazine rings is 1. The van der Waals surface area contributed by atoms with Crippen LogP contribution in [0, 0.1) is 6.92 Å². The number of aromatic nitrogens is 1. The topological polar surface area (TPSA) is 58.4 Å². The number of nitrogens with zero attached hydrogens (tertiary/aromatic N) is 2. The Bertz CT molecular complexity index is 394. The van der Waals surface area contributed by atoms with Gasteiger partial charge >= 0.3 is 0 Å². The van der Waals surface area contributed by atoms with E-state index in [4.69, 9.17) is 4.52 Å². The number of aryl methyl sites for hydroxylation is 1. The van der Waals surface area contributed by atoms with Gasteiger partial charge in [-0.3, -0.25) is 4.79 Å². The van der Waals surface area contributed by atoms with Gasteiger partial charge in [-0.2, -0.15) is 0 Å². The van der Waals surface area contributed by atoms with E-state index in [9.17, 15) is 4.79 Å². The smallest absolute Gasteiger partial charge is 0.292 e. The molecule has 0 saturated carbocycles. The number of nitrogens with one attached hydrogen (secondary N) is 1. The van der Waals surface area contributed by atoms with Crippen molar-refractivity contribution in [3.63, 3.8) is 0 Å². The SMILES string of the molecule is Cc1cc(C(=O)N2CC(C)NCC2C)on1.Cl. The highest BCUT2D eigenvalue weighted by Gasteiger charge is 2.29. The Balaban J connectivity index is 0.00000144. The van der Waals surface area contributed by atoms with Crippen LogP contribution in [0.2, 0.25) is 0 Å². The summed E-state index contributed by atoms with van der Waals surface area (Å²) in [5.74, 6) is 0.264. The van der Waals surface area contributed by atoms with Crippen LogP contribution in [0.4, 0.5) is 0 Å². The molecule has 1 aromatic rings. The molecular formula is C11H18ClN3O2. The molecule has 0 aliphatic carbocycles. The van der Waals surface area contributed by atoms with Gasteiger partial charge in [0.05, 0.1) is 5.69 Å². The Morgan fingerprint density at radius 1 is 1.59 bits per heavy atom. The molecule has 17 heavy (non-hydrogen) atoms. The maximum absolute atomic E-state index is 12.1. The molecule has 2 heterocycles. The van der Waals surface area contributed by atoms with Crippen molar-refractivity contribution < 1.29 is 9.32 Å². The second-order valence-electron chi connectivity index (χ2n) is 4.45. The Labute approximate surface area is 107 Å². The first-order chi connectivity index (χ1) is 7.58. The van der Waals surface area contributed by atoms with E-state index in [1.54, 1.807) is 6.07 Å². The summed E-state index contributed by atoms with van der Waals surface area (Å²) in [5.41, 5.74) is 0.735. The van der Waals surface area contributed by atoms with Gasteiger partial charge in [-0.1, -0.05) is 5.16 Å². The Morgan fingerprint density at radius 3 is 2.88 bits per heavy atom. The molecule has 96 valence electrons. The van der Waals surface area contributed by atoms with Crippen molar-refractivity contribution >= 4 is 18.3 Å². The molecule has 6 heteroatoms. The van der Waals surface area contributed by atoms with Crippen molar-refractivity contribution in [2.75, 3.05) is 13.1 Å². The third-order valence-electron chi connectivity index (χ3n) is 2.86. The van der Waals surface area contributed by atoms with E-state index in [1.165, 1.54) is 0 Å². The van der Waals surface area contributed by atoms with Gasteiger partial charge in [-0.25, -0.2) is 0 Å². The minimum absolute atomic E-state index is 0. The van der Waals surface area contributed by atoms with Gasteiger partial charge in [0.2, 0.25) is 5.76 Å². The summed E-state index contributed by atoms with van der Waals surface area (Å²) >= 11 is 0. The zero-order chi connectivity index (χ0) is 11.7. The molecule has 1 aromatic heterocycles. The van der Waals surface area contributed by atoms with Crippen molar-refractivity contribution in [3.8, 4) is 0 Å². The van der Waals surface area contributed by atoms with Crippen LogP contribution in [0.25, 0.3) is 0 Å². The molecule has 0 spiro atoms. The number of amides is 1. The fourth-order valence-electron chi connectivity index (χ4n) is 1.91. The van der Waals surface area contributed by atoms with Crippen LogP contribution < -0.4 is 5.32 Å². The lowest BCUT2D eigenvalue weighted by molar-refractivity contribution is 0.0574. The minimum atomic E-state index is -0.0681. The van der Waals surface area contributed by atoms with Gasteiger partial charge in [0, 0.05) is 31.2 Å². The molecule has 1 amide bonds. The van der Waals surface area contributed by atoms with E-state index in [2.05, 4.69) is 17.4 Å². The van der Waals surface area contributed by atoms with Crippen LogP contribution in [-0.4, -0.2) is 41.1 Å². The summed E-state index contributed by atoms with van der Waals surface area (Å²) in [5, 5.41) is 7.07. The normalized spacial score (nSPS) is 24.3. The second kappa shape index (κ2) is 5.51. The highest BCUT2D eigenvalue weighted by Crippen LogP contribution is 2.13. The number of carbonyl (C=O) groups excluding carboxylic acids is 1. The molecule has 1 aliphatic heterocycles. The van der Waals surface area contributed by atoms with E-state index in [-0.39, 0.29) is 24.4 Å². The fourth-order valence-corrected chi connectivity index (χ4v) is 1.91. The van der Waals surface area contributed by atoms with Gasteiger partial charge in [-0.05, 0) is 20.8 Å². The van der Waals surface area contributed by atoms with Crippen molar-refractivity contribution in [3.05, 3.63) is 17.5 Å². The van der Waals surface area contributed by atoms with Gasteiger partial charge in [0.1, 0.15) is 0 Å². The third kappa shape index (κ3) is 2.98. The van der Waals surface area contributed by atoms with Crippen molar-refractivity contribution in [1.29, 1.82) is 0 Å². The van der Waals surface area contributed by atoms with Gasteiger partial charge < -0.3 is 14.7 Å². The molecule has 1 fully saturated rings. The van der Waals surface area contributed by atoms with Crippen molar-refractivity contribution in [2.45, 2.75) is 32.9 Å². The second-order valence-corrected chi connectivity index (χ2v) is 4.45. The highest BCUT2D eigenvalue weighted by molar-refractivity contribution is 5.91. The average Bonchev–Trinajstić information content (AvgIpc) is 2.67. The monoisotopic (exact) mass is 259 g/mol. The Hall–Kier alpha value is -1.07. The summed E-state index contributed by atoms with van der Waals surface area (Å²) < 4.78 is 5.00. The summed E-state index contributed by atoms with van der Waals surface area (Å²) in [7, 11) is 0. The van der Waals surface area contributed by atoms with E-state index < -0.39 is 0 Å². The molecule has 5 nitrogen and oxygen atoms in total. The van der Waals surface area contributed by atoms with Crippen molar-refractivity contribution in [2.24, 2.45) is 0 Å². The van der Waals surface area contributed by atoms with E-state index >= 15 is 0 Å². The number of halogens is 1. The molecule has 2 rings (SSSR count). The van der Waals surface area contributed by atoms with Crippen molar-refractivity contribution in [1.82, 2.24) is 15.4 Å². The molecule has 0 aromatic carbocycles. The summed E-state index contributed by atoms with van der Waals surface area (Å²) in [4.78, 5) is 14.0. The summed E-state index contributed by atoms with van der Waals surface area (Å²) in [6.07, 6.45) is 0. The first kappa shape index (κ1) is 14.0. The van der Waals surface area contributed by atoms with Gasteiger partial charge in [-0.15, -0.1) is 12.4 Å². The molecule has 0 radical (unpaired) electrons. The zero-order valence-electron chi connectivity index (χ0n) is 10.3. The molecule has 0 bridgehead atoms. The zero-order valence-corrected chi connectivity index (χ0v) is 11.1. The largest absolute Gasteiger partial charge is 0.351 e. The molecule has 1 aliphatic rings. The highest BCUT2D eigenvalue weighted by atomic mass is 35.5. The number of carbonyl (C=O) groups is 1. The van der Waals surface area contributed by atoms with Gasteiger partial charge in [0.25, 0.3) is 5.91 Å². The molecule has 1 N–H and O–H groups in total. The lowest BCUT2D eigenvalue weighted by Crippen LogP contribution is -2.56. The van der Waals surface area contributed by atoms with E-state index in [1.807, 2.05) is 18.7 Å². The van der Waals surface area contributed by atoms with Crippen LogP contribution in [0.15, 0.2) is 10.6 Å². The number of hydrogen-bond acceptors (Lipinski definition) is 4. The standard InChI is InChI=1S/C11H17N3O2.ClH/c1-7-4-10(16-13-7)11(15)14-6-8(2)12-5-9(14)3;/h4,8-9,12H,5-6H2,1-3H3;1H. The summed E-state index contributed by atoms with van der Waals surface area (Å²) in [6, 6.07) is 2.19. The molecule has 1 saturated heterocycles. The maximum atomic E-state index is 12.1. The Morgan fingerprint density at radius 2 is 2.29 bits per heavy atom. The minimum Gasteiger partial charge on any atom is -0.351 e. The van der Waals surface area contributed by atoms with Crippen LogP contribution in [-0.2, 0) is 0 Å². The summed E-state index contributed by atoms with van der Waals surface area (Å²) in [6.45, 7) is 7.43. The van der Waals surface area contributed by atoms with Gasteiger partial charge in [0.15, 0.2) is 0 Å². The van der Waals surface area contributed by atoms with Crippen LogP contribution in [0.3, 0.4) is 0 Å². The lowest BCUT2D eigenvalue weighted by atomic mass is 10.1. The van der Waals surface area contributed by atoms with E-state index in [0.29, 0.717) is 18.3 Å². The van der Waals surface area contributed by atoms with Crippen LogP contribution >= 0.6 is 12.4 Å². The predicted octanol–water partition coefficient (Wildman–Crippen LogP) is 1.23. The Kier molecular flexibility index (Phi) is 4.54. The number of hydrogen-bond donors (Lipinski definition) is 1. The fraction of sp³-hybridized carbons (Fsp3) is 0.636. The number of rotatable bonds is 1. The molecule has 2 unspecified atom stereocenters. The molecule has 2 atom stereocenters. The van der Waals surface area contributed by atoms with E-state index in [0.717, 1.165) is 12.2 Å².